The van der Waals surface area contributed by atoms with Gasteiger partial charge in [-0.2, -0.15) is 4.98 Å². The van der Waals surface area contributed by atoms with Crippen LogP contribution in [0.5, 0.6) is 23.3 Å². The number of methoxy groups -OCH3 is 1. The number of fused-ring (bicyclic) bond motifs is 2. The van der Waals surface area contributed by atoms with E-state index in [1.165, 1.54) is 11.3 Å². The second-order valence-corrected chi connectivity index (χ2v) is 8.73. The van der Waals surface area contributed by atoms with Crippen molar-refractivity contribution < 1.29 is 23.4 Å². The molecule has 1 atom stereocenters. The molecule has 0 saturated heterocycles. The number of nitrogens with zero attached hydrogens (tertiary/aromatic N) is 2. The number of ether oxygens (including phenoxy) is 3. The van der Waals surface area contributed by atoms with Crippen LogP contribution in [0, 0.1) is 0 Å². The minimum Gasteiger partial charge on any atom is -0.497 e. The van der Waals surface area contributed by atoms with Crippen molar-refractivity contribution in [3.05, 3.63) is 65.7 Å². The predicted molar refractivity (Wildman–Crippen MR) is 130 cm³/mol. The first-order chi connectivity index (χ1) is 16.5. The molecule has 0 radical (unpaired) electrons. The zero-order valence-electron chi connectivity index (χ0n) is 18.1. The fourth-order valence-corrected chi connectivity index (χ4v) is 4.22. The summed E-state index contributed by atoms with van der Waals surface area (Å²) < 4.78 is 23.1. The van der Waals surface area contributed by atoms with Gasteiger partial charge in [0.15, 0.2) is 16.8 Å². The quantitative estimate of drug-likeness (QED) is 0.283. The van der Waals surface area contributed by atoms with E-state index >= 15 is 0 Å². The van der Waals surface area contributed by atoms with Crippen LogP contribution in [0.25, 0.3) is 21.3 Å². The number of aromatic nitrogens is 2. The van der Waals surface area contributed by atoms with E-state index in [1.54, 1.807) is 56.5 Å². The first kappa shape index (κ1) is 22.0. The van der Waals surface area contributed by atoms with Gasteiger partial charge in [0.2, 0.25) is 0 Å². The average molecular weight is 496 g/mol. The van der Waals surface area contributed by atoms with Crippen LogP contribution in [0.2, 0.25) is 5.02 Å². The highest BCUT2D eigenvalue weighted by Crippen LogP contribution is 2.30. The molecule has 5 rings (SSSR count). The Morgan fingerprint density at radius 2 is 1.74 bits per heavy atom. The fraction of sp³-hybridized carbons (Fsp3) is 0.125. The van der Waals surface area contributed by atoms with Crippen LogP contribution < -0.4 is 19.5 Å². The number of oxazole rings is 1. The zero-order chi connectivity index (χ0) is 23.7. The fourth-order valence-electron chi connectivity index (χ4n) is 3.16. The molecule has 0 aliphatic heterocycles. The standard InChI is InChI=1S/C24H18ClN3O5S/c1-13(22(29)28-23-26-19-10-8-17(30-2)12-21(19)34-23)31-15-4-6-16(7-5-15)32-24-27-18-9-3-14(25)11-20(18)33-24/h3-13H,1-2H3,(H,26,28,29). The third-order valence-electron chi connectivity index (χ3n) is 4.87. The van der Waals surface area contributed by atoms with Crippen LogP contribution in [0.15, 0.2) is 65.1 Å². The second-order valence-electron chi connectivity index (χ2n) is 7.27. The number of anilines is 1. The Balaban J connectivity index is 1.20. The van der Waals surface area contributed by atoms with Gasteiger partial charge in [-0.25, -0.2) is 4.98 Å². The summed E-state index contributed by atoms with van der Waals surface area (Å²) >= 11 is 7.33. The normalized spacial score (nSPS) is 12.0. The number of hydrogen-bond acceptors (Lipinski definition) is 8. The van der Waals surface area contributed by atoms with Crippen molar-refractivity contribution in [1.82, 2.24) is 9.97 Å². The Morgan fingerprint density at radius 1 is 1.00 bits per heavy atom. The molecular weight excluding hydrogens is 478 g/mol. The Morgan fingerprint density at radius 3 is 2.53 bits per heavy atom. The summed E-state index contributed by atoms with van der Waals surface area (Å²) in [4.78, 5) is 21.3. The van der Waals surface area contributed by atoms with E-state index in [0.29, 0.717) is 32.8 Å². The molecule has 1 unspecified atom stereocenters. The van der Waals surface area contributed by atoms with Crippen LogP contribution in [-0.2, 0) is 4.79 Å². The van der Waals surface area contributed by atoms with Gasteiger partial charge in [0.1, 0.15) is 22.8 Å². The molecule has 0 spiro atoms. The number of carbonyl (C=O) groups excluding carboxylic acids is 1. The summed E-state index contributed by atoms with van der Waals surface area (Å²) in [5.74, 6) is 1.44. The first-order valence-electron chi connectivity index (χ1n) is 10.2. The van der Waals surface area contributed by atoms with E-state index in [-0.39, 0.29) is 12.0 Å². The smallest absolute Gasteiger partial charge is 0.400 e. The van der Waals surface area contributed by atoms with Crippen molar-refractivity contribution in [3.8, 4) is 23.3 Å². The molecule has 1 amide bonds. The Kier molecular flexibility index (Phi) is 5.95. The van der Waals surface area contributed by atoms with Gasteiger partial charge in [-0.05, 0) is 61.5 Å². The van der Waals surface area contributed by atoms with Gasteiger partial charge in [-0.15, -0.1) is 0 Å². The minimum absolute atomic E-state index is 0.104. The van der Waals surface area contributed by atoms with Crippen LogP contribution in [-0.4, -0.2) is 29.1 Å². The van der Waals surface area contributed by atoms with Gasteiger partial charge in [-0.3, -0.25) is 10.1 Å². The van der Waals surface area contributed by atoms with Crippen molar-refractivity contribution in [2.24, 2.45) is 0 Å². The third-order valence-corrected chi connectivity index (χ3v) is 6.04. The number of nitrogens with one attached hydrogen (secondary N) is 1. The Bertz CT molecular complexity index is 1480. The van der Waals surface area contributed by atoms with E-state index in [2.05, 4.69) is 15.3 Å². The number of rotatable bonds is 7. The number of halogens is 1. The second kappa shape index (κ2) is 9.20. The van der Waals surface area contributed by atoms with Gasteiger partial charge in [0, 0.05) is 11.1 Å². The van der Waals surface area contributed by atoms with E-state index in [0.717, 1.165) is 16.0 Å². The number of hydrogen-bond donors (Lipinski definition) is 1. The van der Waals surface area contributed by atoms with Gasteiger partial charge >= 0.3 is 6.08 Å². The lowest BCUT2D eigenvalue weighted by Crippen LogP contribution is -2.30. The monoisotopic (exact) mass is 495 g/mol. The predicted octanol–water partition coefficient (Wildman–Crippen LogP) is 6.30. The lowest BCUT2D eigenvalue weighted by molar-refractivity contribution is -0.122. The molecule has 10 heteroatoms. The molecule has 0 bridgehead atoms. The molecule has 34 heavy (non-hydrogen) atoms. The highest BCUT2D eigenvalue weighted by molar-refractivity contribution is 7.22. The van der Waals surface area contributed by atoms with Gasteiger partial charge in [-0.1, -0.05) is 22.9 Å². The number of benzene rings is 3. The molecule has 0 fully saturated rings. The maximum atomic E-state index is 12.6. The molecule has 0 saturated carbocycles. The highest BCUT2D eigenvalue weighted by atomic mass is 35.5. The number of amides is 1. The molecule has 3 aromatic carbocycles. The molecule has 5 aromatic rings. The maximum absolute atomic E-state index is 12.6. The summed E-state index contributed by atoms with van der Waals surface area (Å²) in [6, 6.07) is 17.5. The molecule has 2 heterocycles. The maximum Gasteiger partial charge on any atom is 0.400 e. The van der Waals surface area contributed by atoms with E-state index in [9.17, 15) is 4.79 Å². The molecule has 172 valence electrons. The SMILES string of the molecule is COc1ccc2nc(NC(=O)C(C)Oc3ccc(Oc4nc5ccc(Cl)cc5o4)cc3)sc2c1. The molecule has 2 aromatic heterocycles. The summed E-state index contributed by atoms with van der Waals surface area (Å²) in [6.07, 6.45) is -0.637. The zero-order valence-corrected chi connectivity index (χ0v) is 19.6. The van der Waals surface area contributed by atoms with Gasteiger partial charge < -0.3 is 18.6 Å². The van der Waals surface area contributed by atoms with E-state index < -0.39 is 6.10 Å². The first-order valence-corrected chi connectivity index (χ1v) is 11.4. The van der Waals surface area contributed by atoms with Crippen molar-refractivity contribution in [3.63, 3.8) is 0 Å². The van der Waals surface area contributed by atoms with Crippen molar-refractivity contribution in [1.29, 1.82) is 0 Å². The minimum atomic E-state index is -0.741. The Hall–Kier alpha value is -3.82. The summed E-state index contributed by atoms with van der Waals surface area (Å²) in [7, 11) is 1.61. The molecule has 0 aliphatic rings. The highest BCUT2D eigenvalue weighted by Gasteiger charge is 2.17. The summed E-state index contributed by atoms with van der Waals surface area (Å²) in [5.41, 5.74) is 1.97. The molecule has 0 aliphatic carbocycles. The van der Waals surface area contributed by atoms with Crippen molar-refractivity contribution in [2.75, 3.05) is 12.4 Å². The third kappa shape index (κ3) is 4.75. The van der Waals surface area contributed by atoms with Gasteiger partial charge in [0.05, 0.1) is 17.3 Å². The molecule has 1 N–H and O–H groups in total. The van der Waals surface area contributed by atoms with E-state index in [4.69, 9.17) is 30.2 Å². The van der Waals surface area contributed by atoms with Crippen LogP contribution in [0.1, 0.15) is 6.92 Å². The van der Waals surface area contributed by atoms with Crippen LogP contribution in [0.3, 0.4) is 0 Å². The molecular formula is C24H18ClN3O5S. The number of carbonyl (C=O) groups is 1. The summed E-state index contributed by atoms with van der Waals surface area (Å²) in [5, 5.41) is 3.84. The lowest BCUT2D eigenvalue weighted by atomic mass is 10.3. The van der Waals surface area contributed by atoms with Crippen LogP contribution >= 0.6 is 22.9 Å². The Labute approximate surface area is 203 Å². The average Bonchev–Trinajstić information content (AvgIpc) is 3.41. The topological polar surface area (TPSA) is 95.7 Å². The van der Waals surface area contributed by atoms with Crippen molar-refractivity contribution >= 4 is 55.3 Å². The van der Waals surface area contributed by atoms with E-state index in [1.807, 2.05) is 18.2 Å². The largest absolute Gasteiger partial charge is 0.497 e. The van der Waals surface area contributed by atoms with Gasteiger partial charge in [0.25, 0.3) is 5.91 Å². The summed E-state index contributed by atoms with van der Waals surface area (Å²) in [6.45, 7) is 1.67. The van der Waals surface area contributed by atoms with Crippen LogP contribution in [0.4, 0.5) is 5.13 Å². The number of thiazole rings is 1. The van der Waals surface area contributed by atoms with Crippen molar-refractivity contribution in [2.45, 2.75) is 13.0 Å². The molecule has 8 nitrogen and oxygen atoms in total. The lowest BCUT2D eigenvalue weighted by Gasteiger charge is -2.13.